The third-order valence-electron chi connectivity index (χ3n) is 4.95. The van der Waals surface area contributed by atoms with Crippen molar-refractivity contribution in [2.75, 3.05) is 7.11 Å². The van der Waals surface area contributed by atoms with Gasteiger partial charge in [-0.2, -0.15) is 0 Å². The first kappa shape index (κ1) is 25.3. The van der Waals surface area contributed by atoms with E-state index in [4.69, 9.17) is 20.8 Å². The van der Waals surface area contributed by atoms with Gasteiger partial charge in [-0.1, -0.05) is 42.5 Å². The summed E-state index contributed by atoms with van der Waals surface area (Å²) in [5, 5.41) is 2.72. The number of rotatable bonds is 7. The molecular formula is C28H28N2O5. The summed E-state index contributed by atoms with van der Waals surface area (Å²) in [5.74, 6) is 0.125. The van der Waals surface area contributed by atoms with Crippen LogP contribution >= 0.6 is 0 Å². The molecule has 3 aromatic rings. The lowest BCUT2D eigenvalue weighted by molar-refractivity contribution is 0.0522. The zero-order valence-electron chi connectivity index (χ0n) is 20.3. The van der Waals surface area contributed by atoms with E-state index in [1.54, 1.807) is 45.0 Å². The highest BCUT2D eigenvalue weighted by Crippen LogP contribution is 2.27. The predicted molar refractivity (Wildman–Crippen MR) is 133 cm³/mol. The summed E-state index contributed by atoms with van der Waals surface area (Å²) >= 11 is 0. The van der Waals surface area contributed by atoms with E-state index >= 15 is 0 Å². The molecule has 35 heavy (non-hydrogen) atoms. The Labute approximate surface area is 205 Å². The van der Waals surface area contributed by atoms with E-state index in [0.29, 0.717) is 22.6 Å². The molecule has 3 rings (SSSR count). The fourth-order valence-corrected chi connectivity index (χ4v) is 3.33. The van der Waals surface area contributed by atoms with Crippen molar-refractivity contribution in [3.05, 3.63) is 94.8 Å². The van der Waals surface area contributed by atoms with Gasteiger partial charge in [0.25, 0.3) is 0 Å². The Morgan fingerprint density at radius 1 is 0.971 bits per heavy atom. The van der Waals surface area contributed by atoms with E-state index in [1.807, 2.05) is 42.5 Å². The number of ether oxygens (including phenoxy) is 3. The maximum Gasteiger partial charge on any atom is 0.407 e. The van der Waals surface area contributed by atoms with Gasteiger partial charge in [-0.25, -0.2) is 14.4 Å². The van der Waals surface area contributed by atoms with Gasteiger partial charge in [0.15, 0.2) is 5.69 Å². The van der Waals surface area contributed by atoms with Crippen LogP contribution in [0.5, 0.6) is 5.75 Å². The zero-order valence-corrected chi connectivity index (χ0v) is 20.3. The van der Waals surface area contributed by atoms with Crippen molar-refractivity contribution in [2.45, 2.75) is 39.5 Å². The number of esters is 1. The van der Waals surface area contributed by atoms with Gasteiger partial charge < -0.3 is 19.5 Å². The molecule has 0 bridgehead atoms. The first-order valence-electron chi connectivity index (χ1n) is 11.1. The molecule has 0 spiro atoms. The van der Waals surface area contributed by atoms with Crippen LogP contribution in [0.1, 0.15) is 42.3 Å². The Morgan fingerprint density at radius 2 is 1.71 bits per heavy atom. The largest absolute Gasteiger partial charge is 0.489 e. The van der Waals surface area contributed by atoms with Crippen LogP contribution in [0.15, 0.2) is 66.7 Å². The van der Waals surface area contributed by atoms with Crippen LogP contribution in [-0.4, -0.2) is 24.8 Å². The highest BCUT2D eigenvalue weighted by molar-refractivity contribution is 5.92. The Hall–Kier alpha value is -4.31. The van der Waals surface area contributed by atoms with Gasteiger partial charge in [-0.3, -0.25) is 0 Å². The van der Waals surface area contributed by atoms with Gasteiger partial charge in [0.05, 0.1) is 19.2 Å². The molecule has 0 aliphatic carbocycles. The summed E-state index contributed by atoms with van der Waals surface area (Å²) in [6.07, 6.45) is -0.492. The fourth-order valence-electron chi connectivity index (χ4n) is 3.33. The number of amides is 1. The molecule has 0 aliphatic rings. The molecule has 0 fully saturated rings. The minimum absolute atomic E-state index is 0.149. The van der Waals surface area contributed by atoms with Gasteiger partial charge >= 0.3 is 12.1 Å². The quantitative estimate of drug-likeness (QED) is 0.323. The number of nitrogens with zero attached hydrogens (tertiary/aromatic N) is 1. The van der Waals surface area contributed by atoms with Crippen LogP contribution in [0.2, 0.25) is 0 Å². The predicted octanol–water partition coefficient (Wildman–Crippen LogP) is 6.29. The number of carbonyl (C=O) groups is 2. The molecule has 0 saturated carbocycles. The number of carbonyl (C=O) groups excluding carboxylic acids is 2. The van der Waals surface area contributed by atoms with Gasteiger partial charge in [-0.15, -0.1) is 0 Å². The molecule has 0 aromatic heterocycles. The van der Waals surface area contributed by atoms with E-state index in [2.05, 4.69) is 10.2 Å². The van der Waals surface area contributed by atoms with Crippen LogP contribution in [0.4, 0.5) is 10.5 Å². The zero-order chi connectivity index (χ0) is 25.4. The standard InChI is InChI=1S/C28H28N2O5/c1-28(2,3)35-27(32)30-17-19-8-6-11-24(14-19)34-18-22-13-12-21(16-25(22)26(31)33-5)20-9-7-10-23(15-20)29-4/h6-16H,17-18H2,1-3,5H3,(H,30,32). The van der Waals surface area contributed by atoms with E-state index in [1.165, 1.54) is 7.11 Å². The number of hydrogen-bond donors (Lipinski definition) is 1. The molecule has 7 nitrogen and oxygen atoms in total. The number of nitrogens with one attached hydrogen (secondary N) is 1. The molecule has 3 aromatic carbocycles. The summed E-state index contributed by atoms with van der Waals surface area (Å²) < 4.78 is 16.2. The van der Waals surface area contributed by atoms with E-state index < -0.39 is 17.7 Å². The van der Waals surface area contributed by atoms with Gasteiger partial charge in [-0.05, 0) is 61.7 Å². The van der Waals surface area contributed by atoms with Crippen LogP contribution in [0.3, 0.4) is 0 Å². The molecule has 0 unspecified atom stereocenters. The van der Waals surface area contributed by atoms with Crippen molar-refractivity contribution < 1.29 is 23.8 Å². The average Bonchev–Trinajstić information content (AvgIpc) is 2.85. The monoisotopic (exact) mass is 472 g/mol. The summed E-state index contributed by atoms with van der Waals surface area (Å²) in [6, 6.07) is 20.0. The van der Waals surface area contributed by atoms with Crippen LogP contribution < -0.4 is 10.1 Å². The minimum Gasteiger partial charge on any atom is -0.489 e. The van der Waals surface area contributed by atoms with Gasteiger partial charge in [0.2, 0.25) is 0 Å². The number of hydrogen-bond acceptors (Lipinski definition) is 5. The molecule has 0 atom stereocenters. The molecule has 1 N–H and O–H groups in total. The van der Waals surface area contributed by atoms with E-state index in [0.717, 1.165) is 16.7 Å². The van der Waals surface area contributed by atoms with Crippen LogP contribution in [-0.2, 0) is 22.6 Å². The SMILES string of the molecule is [C-]#[N+]c1cccc(-c2ccc(COc3cccc(CNC(=O)OC(C)(C)C)c3)c(C(=O)OC)c2)c1. The van der Waals surface area contributed by atoms with Gasteiger partial charge in [0.1, 0.15) is 18.0 Å². The van der Waals surface area contributed by atoms with Crippen LogP contribution in [0, 0.1) is 6.57 Å². The molecule has 180 valence electrons. The second-order valence-electron chi connectivity index (χ2n) is 8.82. The second kappa shape index (κ2) is 11.2. The maximum absolute atomic E-state index is 12.5. The molecule has 0 aliphatic heterocycles. The first-order chi connectivity index (χ1) is 16.7. The molecule has 0 saturated heterocycles. The highest BCUT2D eigenvalue weighted by atomic mass is 16.6. The summed E-state index contributed by atoms with van der Waals surface area (Å²) in [6.45, 7) is 13.1. The van der Waals surface area contributed by atoms with Crippen molar-refractivity contribution in [3.8, 4) is 16.9 Å². The van der Waals surface area contributed by atoms with Crippen LogP contribution in [0.25, 0.3) is 16.0 Å². The van der Waals surface area contributed by atoms with Crippen molar-refractivity contribution >= 4 is 17.7 Å². The number of alkyl carbamates (subject to hydrolysis) is 1. The first-order valence-corrected chi connectivity index (χ1v) is 11.1. The lowest BCUT2D eigenvalue weighted by Crippen LogP contribution is -2.32. The average molecular weight is 473 g/mol. The minimum atomic E-state index is -0.568. The molecular weight excluding hydrogens is 444 g/mol. The highest BCUT2D eigenvalue weighted by Gasteiger charge is 2.16. The second-order valence-corrected chi connectivity index (χ2v) is 8.82. The van der Waals surface area contributed by atoms with Crippen molar-refractivity contribution in [1.82, 2.24) is 5.32 Å². The lowest BCUT2D eigenvalue weighted by Gasteiger charge is -2.19. The van der Waals surface area contributed by atoms with Crippen molar-refractivity contribution in [3.63, 3.8) is 0 Å². The third kappa shape index (κ3) is 7.34. The third-order valence-corrected chi connectivity index (χ3v) is 4.95. The smallest absolute Gasteiger partial charge is 0.407 e. The molecule has 1 amide bonds. The number of benzene rings is 3. The van der Waals surface area contributed by atoms with E-state index in [9.17, 15) is 9.59 Å². The summed E-state index contributed by atoms with van der Waals surface area (Å²) in [7, 11) is 1.33. The van der Waals surface area contributed by atoms with Gasteiger partial charge in [0, 0.05) is 12.1 Å². The maximum atomic E-state index is 12.5. The van der Waals surface area contributed by atoms with Crippen molar-refractivity contribution in [2.24, 2.45) is 0 Å². The number of methoxy groups -OCH3 is 1. The Balaban J connectivity index is 1.73. The Kier molecular flexibility index (Phi) is 8.11. The summed E-state index contributed by atoms with van der Waals surface area (Å²) in [5.41, 5.74) is 3.49. The normalized spacial score (nSPS) is 10.7. The molecule has 0 heterocycles. The van der Waals surface area contributed by atoms with E-state index in [-0.39, 0.29) is 13.2 Å². The summed E-state index contributed by atoms with van der Waals surface area (Å²) in [4.78, 5) is 27.8. The lowest BCUT2D eigenvalue weighted by atomic mass is 9.99. The molecule has 0 radical (unpaired) electrons. The Bertz CT molecular complexity index is 1250. The molecule has 7 heteroatoms. The topological polar surface area (TPSA) is 78.2 Å². The van der Waals surface area contributed by atoms with Crippen molar-refractivity contribution in [1.29, 1.82) is 0 Å². The fraction of sp³-hybridized carbons (Fsp3) is 0.250. The Morgan fingerprint density at radius 3 is 2.43 bits per heavy atom.